The summed E-state index contributed by atoms with van der Waals surface area (Å²) >= 11 is 0. The monoisotopic (exact) mass is 378 g/mol. The van der Waals surface area contributed by atoms with Crippen molar-refractivity contribution in [3.05, 3.63) is 54.1 Å². The Morgan fingerprint density at radius 2 is 1.68 bits per heavy atom. The fourth-order valence-corrected chi connectivity index (χ4v) is 3.00. The number of benzene rings is 2. The van der Waals surface area contributed by atoms with Crippen molar-refractivity contribution in [2.24, 2.45) is 0 Å². The van der Waals surface area contributed by atoms with E-state index < -0.39 is 0 Å². The summed E-state index contributed by atoms with van der Waals surface area (Å²) in [5.41, 5.74) is 2.92. The maximum absolute atomic E-state index is 12.3. The highest BCUT2D eigenvalue weighted by Crippen LogP contribution is 2.21. The molecule has 0 heterocycles. The van der Waals surface area contributed by atoms with Crippen molar-refractivity contribution in [3.63, 3.8) is 0 Å². The molecule has 1 N–H and O–H groups in total. The molecule has 0 spiro atoms. The second-order valence-electron chi connectivity index (χ2n) is 6.35. The Morgan fingerprint density at radius 3 is 2.25 bits per heavy atom. The molecule has 0 atom stereocenters. The lowest BCUT2D eigenvalue weighted by atomic mass is 10.2. The van der Waals surface area contributed by atoms with Gasteiger partial charge < -0.3 is 15.1 Å². The highest BCUT2D eigenvalue weighted by atomic mass is 16.2. The molecule has 0 unspecified atom stereocenters. The first-order chi connectivity index (χ1) is 13.5. The standard InChI is InChI=1S/C22H26N4O2/c1-4-25(5-2)20-9-11-21(12-10-20)26(17(3)27)14-13-22(28)24-19-8-6-7-18(15-19)16-23/h6-12,15H,4-5,13-14H2,1-3H3,(H,24,28). The van der Waals surface area contributed by atoms with Crippen LogP contribution < -0.4 is 15.1 Å². The molecule has 2 aromatic carbocycles. The van der Waals surface area contributed by atoms with Crippen molar-refractivity contribution >= 4 is 28.9 Å². The Kier molecular flexibility index (Phi) is 7.58. The normalized spacial score (nSPS) is 10.1. The summed E-state index contributed by atoms with van der Waals surface area (Å²) in [7, 11) is 0. The van der Waals surface area contributed by atoms with Crippen molar-refractivity contribution in [2.75, 3.05) is 34.8 Å². The predicted molar refractivity (Wildman–Crippen MR) is 112 cm³/mol. The molecule has 0 aliphatic rings. The van der Waals surface area contributed by atoms with Crippen LogP contribution in [0.25, 0.3) is 0 Å². The van der Waals surface area contributed by atoms with Gasteiger partial charge in [0, 0.05) is 50.0 Å². The summed E-state index contributed by atoms with van der Waals surface area (Å²) in [6.07, 6.45) is 0.161. The molecule has 0 radical (unpaired) electrons. The van der Waals surface area contributed by atoms with Crippen molar-refractivity contribution in [3.8, 4) is 6.07 Å². The van der Waals surface area contributed by atoms with Crippen LogP contribution >= 0.6 is 0 Å². The van der Waals surface area contributed by atoms with Crippen LogP contribution in [0.4, 0.5) is 17.1 Å². The lowest BCUT2D eigenvalue weighted by Crippen LogP contribution is -2.32. The molecule has 146 valence electrons. The number of carbonyl (C=O) groups excluding carboxylic acids is 2. The van der Waals surface area contributed by atoms with Crippen molar-refractivity contribution in [2.45, 2.75) is 27.2 Å². The Morgan fingerprint density at radius 1 is 1.04 bits per heavy atom. The van der Waals surface area contributed by atoms with Gasteiger partial charge in [-0.05, 0) is 56.3 Å². The average Bonchev–Trinajstić information content (AvgIpc) is 2.70. The summed E-state index contributed by atoms with van der Waals surface area (Å²) in [5, 5.41) is 11.7. The third-order valence-electron chi connectivity index (χ3n) is 4.51. The van der Waals surface area contributed by atoms with Crippen molar-refractivity contribution < 1.29 is 9.59 Å². The van der Waals surface area contributed by atoms with Gasteiger partial charge in [-0.15, -0.1) is 0 Å². The van der Waals surface area contributed by atoms with Gasteiger partial charge >= 0.3 is 0 Å². The number of amides is 2. The van der Waals surface area contributed by atoms with E-state index in [0.717, 1.165) is 24.5 Å². The lowest BCUT2D eigenvalue weighted by Gasteiger charge is -2.24. The molecule has 2 amide bonds. The SMILES string of the molecule is CCN(CC)c1ccc(N(CCC(=O)Nc2cccc(C#N)c2)C(C)=O)cc1. The van der Waals surface area contributed by atoms with E-state index in [-0.39, 0.29) is 24.8 Å². The second-order valence-corrected chi connectivity index (χ2v) is 6.35. The van der Waals surface area contributed by atoms with Crippen LogP contribution in [0.3, 0.4) is 0 Å². The zero-order valence-corrected chi connectivity index (χ0v) is 16.6. The van der Waals surface area contributed by atoms with E-state index in [4.69, 9.17) is 5.26 Å². The summed E-state index contributed by atoms with van der Waals surface area (Å²) in [6.45, 7) is 7.81. The number of nitrogens with zero attached hydrogens (tertiary/aromatic N) is 3. The number of rotatable bonds is 8. The van der Waals surface area contributed by atoms with Gasteiger partial charge in [0.15, 0.2) is 0 Å². The lowest BCUT2D eigenvalue weighted by molar-refractivity contribution is -0.117. The first kappa shape index (κ1) is 21.0. The van der Waals surface area contributed by atoms with E-state index in [1.807, 2.05) is 30.3 Å². The van der Waals surface area contributed by atoms with Gasteiger partial charge in [-0.25, -0.2) is 0 Å². The van der Waals surface area contributed by atoms with Gasteiger partial charge in [0.2, 0.25) is 11.8 Å². The van der Waals surface area contributed by atoms with Crippen LogP contribution in [-0.2, 0) is 9.59 Å². The topological polar surface area (TPSA) is 76.4 Å². The van der Waals surface area contributed by atoms with Crippen molar-refractivity contribution in [1.29, 1.82) is 5.26 Å². The molecule has 0 fully saturated rings. The molecule has 6 nitrogen and oxygen atoms in total. The van der Waals surface area contributed by atoms with Crippen LogP contribution in [-0.4, -0.2) is 31.4 Å². The third kappa shape index (κ3) is 5.58. The zero-order valence-electron chi connectivity index (χ0n) is 16.6. The van der Waals surface area contributed by atoms with E-state index >= 15 is 0 Å². The molecule has 2 rings (SSSR count). The average molecular weight is 378 g/mol. The van der Waals surface area contributed by atoms with Crippen LogP contribution in [0.2, 0.25) is 0 Å². The van der Waals surface area contributed by atoms with Gasteiger partial charge in [-0.2, -0.15) is 5.26 Å². The summed E-state index contributed by atoms with van der Waals surface area (Å²) in [5.74, 6) is -0.323. The van der Waals surface area contributed by atoms with Crippen LogP contribution in [0, 0.1) is 11.3 Å². The summed E-state index contributed by atoms with van der Waals surface area (Å²) < 4.78 is 0. The molecule has 2 aromatic rings. The first-order valence-corrected chi connectivity index (χ1v) is 9.41. The Hall–Kier alpha value is -3.33. The Balaban J connectivity index is 2.01. The largest absolute Gasteiger partial charge is 0.372 e. The minimum Gasteiger partial charge on any atom is -0.372 e. The molecule has 0 saturated carbocycles. The van der Waals surface area contributed by atoms with Crippen LogP contribution in [0.5, 0.6) is 0 Å². The van der Waals surface area contributed by atoms with E-state index in [0.29, 0.717) is 11.3 Å². The Labute approximate surface area is 166 Å². The number of anilines is 3. The van der Waals surface area contributed by atoms with E-state index in [9.17, 15) is 9.59 Å². The molecule has 6 heteroatoms. The smallest absolute Gasteiger partial charge is 0.226 e. The third-order valence-corrected chi connectivity index (χ3v) is 4.51. The van der Waals surface area contributed by atoms with Crippen LogP contribution in [0.1, 0.15) is 32.8 Å². The summed E-state index contributed by atoms with van der Waals surface area (Å²) in [4.78, 5) is 28.2. The van der Waals surface area contributed by atoms with Gasteiger partial charge in [0.1, 0.15) is 0 Å². The number of nitrogens with one attached hydrogen (secondary N) is 1. The van der Waals surface area contributed by atoms with Gasteiger partial charge in [-0.1, -0.05) is 6.07 Å². The van der Waals surface area contributed by atoms with Gasteiger partial charge in [0.05, 0.1) is 11.6 Å². The molecule has 0 aliphatic heterocycles. The highest BCUT2D eigenvalue weighted by Gasteiger charge is 2.14. The van der Waals surface area contributed by atoms with Crippen LogP contribution in [0.15, 0.2) is 48.5 Å². The first-order valence-electron chi connectivity index (χ1n) is 9.41. The quantitative estimate of drug-likeness (QED) is 0.758. The van der Waals surface area contributed by atoms with Gasteiger partial charge in [-0.3, -0.25) is 9.59 Å². The molecular weight excluding hydrogens is 352 g/mol. The fraction of sp³-hybridized carbons (Fsp3) is 0.318. The maximum Gasteiger partial charge on any atom is 0.226 e. The maximum atomic E-state index is 12.3. The van der Waals surface area contributed by atoms with Crippen molar-refractivity contribution in [1.82, 2.24) is 0 Å². The van der Waals surface area contributed by atoms with E-state index in [2.05, 4.69) is 24.1 Å². The fourth-order valence-electron chi connectivity index (χ4n) is 3.00. The van der Waals surface area contributed by atoms with Gasteiger partial charge in [0.25, 0.3) is 0 Å². The Bertz CT molecular complexity index is 852. The molecule has 0 aromatic heterocycles. The molecule has 0 aliphatic carbocycles. The minimum atomic E-state index is -0.207. The summed E-state index contributed by atoms with van der Waals surface area (Å²) in [6, 6.07) is 16.6. The molecule has 0 saturated heterocycles. The van der Waals surface area contributed by atoms with E-state index in [1.165, 1.54) is 6.92 Å². The molecular formula is C22H26N4O2. The predicted octanol–water partition coefficient (Wildman–Crippen LogP) is 3.79. The highest BCUT2D eigenvalue weighted by molar-refractivity contribution is 5.95. The minimum absolute atomic E-state index is 0.116. The van der Waals surface area contributed by atoms with E-state index in [1.54, 1.807) is 29.2 Å². The number of nitriles is 1. The molecule has 28 heavy (non-hydrogen) atoms. The molecule has 0 bridgehead atoms. The number of hydrogen-bond donors (Lipinski definition) is 1. The number of carbonyl (C=O) groups is 2. The second kappa shape index (κ2) is 10.1. The zero-order chi connectivity index (χ0) is 20.5. The number of hydrogen-bond acceptors (Lipinski definition) is 4.